The number of amides is 4. The van der Waals surface area contributed by atoms with E-state index in [1.165, 1.54) is 6.92 Å². The maximum absolute atomic E-state index is 13.6. The summed E-state index contributed by atoms with van der Waals surface area (Å²) in [5.74, 6) is -1.22. The summed E-state index contributed by atoms with van der Waals surface area (Å²) in [6.07, 6.45) is 0. The SMILES string of the molecule is CC(=O)c1csc(NC(=O)C([C@@H](C)c2ccccc2)N2C(=O)N[C@@H](c3ccc(OCCN(C)C)cc3)C2=O)n1. The molecule has 1 aliphatic rings. The summed E-state index contributed by atoms with van der Waals surface area (Å²) >= 11 is 1.10. The van der Waals surface area contributed by atoms with Crippen LogP contribution in [0.25, 0.3) is 0 Å². The molecule has 2 aromatic carbocycles. The molecule has 3 aromatic rings. The zero-order valence-corrected chi connectivity index (χ0v) is 23.0. The Labute approximate surface area is 231 Å². The number of likely N-dealkylation sites (N-methyl/N-ethyl adjacent to an activating group) is 1. The lowest BCUT2D eigenvalue weighted by Gasteiger charge is -2.29. The molecule has 1 aliphatic heterocycles. The number of ketones is 1. The second-order valence-corrected chi connectivity index (χ2v) is 10.4. The van der Waals surface area contributed by atoms with Crippen LogP contribution in [0.2, 0.25) is 0 Å². The average Bonchev–Trinajstić information content (AvgIpc) is 3.50. The van der Waals surface area contributed by atoms with Crippen LogP contribution in [-0.4, -0.2) is 71.7 Å². The second-order valence-electron chi connectivity index (χ2n) is 9.54. The normalized spacial score (nSPS) is 16.6. The third kappa shape index (κ3) is 6.50. The minimum Gasteiger partial charge on any atom is -0.492 e. The highest BCUT2D eigenvalue weighted by Gasteiger charge is 2.47. The van der Waals surface area contributed by atoms with Gasteiger partial charge in [-0.1, -0.05) is 49.4 Å². The van der Waals surface area contributed by atoms with Crippen LogP contribution in [-0.2, 0) is 9.59 Å². The van der Waals surface area contributed by atoms with Crippen LogP contribution in [0.3, 0.4) is 0 Å². The number of urea groups is 1. The lowest BCUT2D eigenvalue weighted by Crippen LogP contribution is -2.50. The highest BCUT2D eigenvalue weighted by atomic mass is 32.1. The van der Waals surface area contributed by atoms with Gasteiger partial charge in [0, 0.05) is 24.8 Å². The molecule has 1 saturated heterocycles. The van der Waals surface area contributed by atoms with Gasteiger partial charge in [-0.15, -0.1) is 11.3 Å². The summed E-state index contributed by atoms with van der Waals surface area (Å²) in [5.41, 5.74) is 1.59. The molecule has 2 heterocycles. The smallest absolute Gasteiger partial charge is 0.325 e. The summed E-state index contributed by atoms with van der Waals surface area (Å²) in [6, 6.07) is 13.4. The van der Waals surface area contributed by atoms with Gasteiger partial charge < -0.3 is 20.3 Å². The van der Waals surface area contributed by atoms with E-state index >= 15 is 0 Å². The van der Waals surface area contributed by atoms with Crippen molar-refractivity contribution in [1.82, 2.24) is 20.1 Å². The number of anilines is 1. The van der Waals surface area contributed by atoms with E-state index in [1.807, 2.05) is 49.3 Å². The van der Waals surface area contributed by atoms with Gasteiger partial charge in [-0.2, -0.15) is 0 Å². The van der Waals surface area contributed by atoms with Crippen LogP contribution in [0.1, 0.15) is 47.4 Å². The van der Waals surface area contributed by atoms with Crippen LogP contribution >= 0.6 is 11.3 Å². The number of thiazole rings is 1. The summed E-state index contributed by atoms with van der Waals surface area (Å²) in [7, 11) is 3.91. The number of ether oxygens (including phenoxy) is 1. The number of hydrogen-bond acceptors (Lipinski definition) is 8. The Bertz CT molecular complexity index is 1340. The van der Waals surface area contributed by atoms with Crippen molar-refractivity contribution in [2.24, 2.45) is 0 Å². The summed E-state index contributed by atoms with van der Waals surface area (Å²) in [6.45, 7) is 4.45. The third-order valence-corrected chi connectivity index (χ3v) is 7.19. The number of rotatable bonds is 11. The first-order valence-electron chi connectivity index (χ1n) is 12.5. The van der Waals surface area contributed by atoms with E-state index in [9.17, 15) is 19.2 Å². The van der Waals surface area contributed by atoms with Crippen LogP contribution < -0.4 is 15.4 Å². The standard InChI is InChI=1S/C28H31N5O5S/c1-17(19-8-6-5-7-9-19)24(25(35)31-27-29-22(16-39-27)18(2)34)33-26(36)23(30-28(33)37)20-10-12-21(13-11-20)38-15-14-32(3)4/h5-13,16-17,23-24H,14-15H2,1-4H3,(H,30,37)(H,29,31,35)/t17-,23-,24?/m0/s1. The number of hydrogen-bond donors (Lipinski definition) is 2. The number of nitrogens with one attached hydrogen (secondary N) is 2. The molecular weight excluding hydrogens is 518 g/mol. The van der Waals surface area contributed by atoms with Crippen molar-refractivity contribution >= 4 is 40.1 Å². The zero-order chi connectivity index (χ0) is 28.1. The molecule has 204 valence electrons. The lowest BCUT2D eigenvalue weighted by atomic mass is 9.91. The topological polar surface area (TPSA) is 121 Å². The molecular formula is C28H31N5O5S. The Morgan fingerprint density at radius 1 is 1.13 bits per heavy atom. The number of nitrogens with zero attached hydrogens (tertiary/aromatic N) is 3. The van der Waals surface area contributed by atoms with Gasteiger partial charge in [-0.25, -0.2) is 14.7 Å². The first-order chi connectivity index (χ1) is 18.7. The molecule has 0 bridgehead atoms. The first-order valence-corrected chi connectivity index (χ1v) is 13.4. The molecule has 10 nitrogen and oxygen atoms in total. The number of carbonyl (C=O) groups excluding carboxylic acids is 4. The second kappa shape index (κ2) is 12.2. The van der Waals surface area contributed by atoms with Crippen molar-refractivity contribution in [2.75, 3.05) is 32.6 Å². The van der Waals surface area contributed by atoms with Crippen molar-refractivity contribution < 1.29 is 23.9 Å². The molecule has 4 amide bonds. The van der Waals surface area contributed by atoms with Gasteiger partial charge in [0.15, 0.2) is 10.9 Å². The molecule has 0 spiro atoms. The minimum absolute atomic E-state index is 0.212. The number of carbonyl (C=O) groups is 4. The minimum atomic E-state index is -1.16. The Kier molecular flexibility index (Phi) is 8.72. The van der Waals surface area contributed by atoms with E-state index in [4.69, 9.17) is 4.74 Å². The highest BCUT2D eigenvalue weighted by molar-refractivity contribution is 7.14. The predicted octanol–water partition coefficient (Wildman–Crippen LogP) is 3.69. The third-order valence-electron chi connectivity index (χ3n) is 6.43. The number of aromatic nitrogens is 1. The molecule has 11 heteroatoms. The van der Waals surface area contributed by atoms with Crippen LogP contribution in [0, 0.1) is 0 Å². The van der Waals surface area contributed by atoms with Crippen LogP contribution in [0.4, 0.5) is 9.93 Å². The van der Waals surface area contributed by atoms with Gasteiger partial charge in [0.25, 0.3) is 5.91 Å². The summed E-state index contributed by atoms with van der Waals surface area (Å²) < 4.78 is 5.72. The molecule has 0 aliphatic carbocycles. The van der Waals surface area contributed by atoms with E-state index in [2.05, 4.69) is 15.6 Å². The number of imide groups is 1. The number of Topliss-reactive ketones (excluding diaryl/α,β-unsaturated/α-hetero) is 1. The van der Waals surface area contributed by atoms with Crippen molar-refractivity contribution in [1.29, 1.82) is 0 Å². The van der Waals surface area contributed by atoms with Gasteiger partial charge in [0.2, 0.25) is 5.91 Å². The van der Waals surface area contributed by atoms with Gasteiger partial charge in [0.1, 0.15) is 30.1 Å². The summed E-state index contributed by atoms with van der Waals surface area (Å²) in [4.78, 5) is 59.2. The predicted molar refractivity (Wildman–Crippen MR) is 148 cm³/mol. The van der Waals surface area contributed by atoms with Crippen LogP contribution in [0.5, 0.6) is 5.75 Å². The maximum atomic E-state index is 13.6. The summed E-state index contributed by atoms with van der Waals surface area (Å²) in [5, 5.41) is 7.18. The fourth-order valence-corrected chi connectivity index (χ4v) is 5.02. The van der Waals surface area contributed by atoms with Gasteiger partial charge in [0.05, 0.1) is 0 Å². The Morgan fingerprint density at radius 3 is 2.44 bits per heavy atom. The molecule has 0 radical (unpaired) electrons. The largest absolute Gasteiger partial charge is 0.492 e. The quantitative estimate of drug-likeness (QED) is 0.276. The van der Waals surface area contributed by atoms with Crippen molar-refractivity contribution in [3.05, 3.63) is 76.8 Å². The van der Waals surface area contributed by atoms with Crippen molar-refractivity contribution in [3.8, 4) is 5.75 Å². The molecule has 4 rings (SSSR count). The Hall–Kier alpha value is -4.09. The molecule has 2 N–H and O–H groups in total. The molecule has 1 fully saturated rings. The average molecular weight is 550 g/mol. The molecule has 39 heavy (non-hydrogen) atoms. The van der Waals surface area contributed by atoms with E-state index in [0.29, 0.717) is 17.9 Å². The van der Waals surface area contributed by atoms with E-state index < -0.39 is 35.8 Å². The van der Waals surface area contributed by atoms with Gasteiger partial charge in [-0.3, -0.25) is 14.4 Å². The van der Waals surface area contributed by atoms with Crippen molar-refractivity contribution in [2.45, 2.75) is 31.8 Å². The van der Waals surface area contributed by atoms with E-state index in [0.717, 1.165) is 28.3 Å². The van der Waals surface area contributed by atoms with E-state index in [1.54, 1.807) is 36.6 Å². The van der Waals surface area contributed by atoms with Crippen molar-refractivity contribution in [3.63, 3.8) is 0 Å². The Morgan fingerprint density at radius 2 is 1.82 bits per heavy atom. The van der Waals surface area contributed by atoms with E-state index in [-0.39, 0.29) is 16.6 Å². The molecule has 3 atom stereocenters. The Balaban J connectivity index is 1.58. The molecule has 0 saturated carbocycles. The maximum Gasteiger partial charge on any atom is 0.325 e. The molecule has 1 aromatic heterocycles. The van der Waals surface area contributed by atoms with Gasteiger partial charge in [-0.05, 0) is 37.4 Å². The number of benzene rings is 2. The zero-order valence-electron chi connectivity index (χ0n) is 22.2. The first kappa shape index (κ1) is 27.9. The molecule has 1 unspecified atom stereocenters. The fraction of sp³-hybridized carbons (Fsp3) is 0.321. The lowest BCUT2D eigenvalue weighted by molar-refractivity contribution is -0.134. The monoisotopic (exact) mass is 549 g/mol. The fourth-order valence-electron chi connectivity index (χ4n) is 4.26. The highest BCUT2D eigenvalue weighted by Crippen LogP contribution is 2.32. The van der Waals surface area contributed by atoms with Crippen LogP contribution in [0.15, 0.2) is 60.0 Å². The van der Waals surface area contributed by atoms with Gasteiger partial charge >= 0.3 is 6.03 Å².